The zero-order chi connectivity index (χ0) is 17.2. The third kappa shape index (κ3) is 2.70. The van der Waals surface area contributed by atoms with Crippen molar-refractivity contribution >= 4 is 23.3 Å². The van der Waals surface area contributed by atoms with Crippen LogP contribution in [0.5, 0.6) is 0 Å². The fourth-order valence-corrected chi connectivity index (χ4v) is 3.78. The van der Waals surface area contributed by atoms with Crippen molar-refractivity contribution in [2.24, 2.45) is 5.73 Å². The Morgan fingerprint density at radius 3 is 2.54 bits per heavy atom. The Morgan fingerprint density at radius 2 is 1.88 bits per heavy atom. The molecule has 5 rings (SSSR count). The molecule has 136 valence electrons. The molecule has 0 aliphatic heterocycles. The van der Waals surface area contributed by atoms with E-state index < -0.39 is 5.54 Å². The number of fused-ring (bicyclic) bond motifs is 1. The summed E-state index contributed by atoms with van der Waals surface area (Å²) in [6.45, 7) is 4.22. The highest BCUT2D eigenvalue weighted by Gasteiger charge is 2.39. The Hall–Kier alpha value is -1.98. The van der Waals surface area contributed by atoms with E-state index in [0.29, 0.717) is 17.6 Å². The van der Waals surface area contributed by atoms with E-state index >= 15 is 0 Å². The minimum absolute atomic E-state index is 0. The van der Waals surface area contributed by atoms with Crippen LogP contribution in [0.3, 0.4) is 0 Å². The van der Waals surface area contributed by atoms with Crippen molar-refractivity contribution in [3.63, 3.8) is 0 Å². The molecule has 2 heterocycles. The van der Waals surface area contributed by atoms with Crippen LogP contribution in [0.15, 0.2) is 22.7 Å². The normalized spacial score (nSPS) is 18.4. The highest BCUT2D eigenvalue weighted by Crippen LogP contribution is 2.43. The number of halogens is 1. The van der Waals surface area contributed by atoms with Gasteiger partial charge in [0.05, 0.1) is 16.6 Å². The predicted molar refractivity (Wildman–Crippen MR) is 103 cm³/mol. The standard InChI is InChI=1S/C20H22N4O.ClH/c1-11-8-12(2)17-14(9-11)15(10-16(22-17)13-4-5-13)18-23-19(24-25-18)20(21)6-3-7-20;/h8-10,13H,3-7,21H2,1-2H3;1H. The first-order chi connectivity index (χ1) is 12.0. The molecule has 2 aromatic heterocycles. The summed E-state index contributed by atoms with van der Waals surface area (Å²) in [6.07, 6.45) is 5.40. The average Bonchev–Trinajstić information content (AvgIpc) is 3.29. The molecule has 26 heavy (non-hydrogen) atoms. The van der Waals surface area contributed by atoms with Gasteiger partial charge in [0.25, 0.3) is 5.89 Å². The number of hydrogen-bond acceptors (Lipinski definition) is 5. The SMILES string of the molecule is Cc1cc(C)c2nc(C3CC3)cc(-c3nc(C4(N)CCC4)no3)c2c1.Cl. The summed E-state index contributed by atoms with van der Waals surface area (Å²) in [5.41, 5.74) is 11.5. The Bertz CT molecular complexity index is 989. The molecule has 3 aromatic rings. The Morgan fingerprint density at radius 1 is 1.12 bits per heavy atom. The van der Waals surface area contributed by atoms with Crippen LogP contribution < -0.4 is 5.73 Å². The molecule has 0 radical (unpaired) electrons. The molecule has 2 aliphatic carbocycles. The molecule has 0 amide bonds. The molecule has 1 aromatic carbocycles. The Balaban J connectivity index is 0.00000168. The molecule has 0 bridgehead atoms. The molecule has 2 fully saturated rings. The Labute approximate surface area is 158 Å². The van der Waals surface area contributed by atoms with Crippen molar-refractivity contribution in [1.29, 1.82) is 0 Å². The van der Waals surface area contributed by atoms with Crippen LogP contribution in [0, 0.1) is 13.8 Å². The number of nitrogens with zero attached hydrogens (tertiary/aromatic N) is 3. The van der Waals surface area contributed by atoms with Gasteiger partial charge < -0.3 is 10.3 Å². The van der Waals surface area contributed by atoms with Crippen LogP contribution in [0.4, 0.5) is 0 Å². The molecule has 5 nitrogen and oxygen atoms in total. The zero-order valence-corrected chi connectivity index (χ0v) is 15.9. The topological polar surface area (TPSA) is 77.8 Å². The van der Waals surface area contributed by atoms with E-state index in [0.717, 1.165) is 41.4 Å². The summed E-state index contributed by atoms with van der Waals surface area (Å²) in [4.78, 5) is 9.61. The number of pyridine rings is 1. The van der Waals surface area contributed by atoms with E-state index in [4.69, 9.17) is 15.2 Å². The highest BCUT2D eigenvalue weighted by atomic mass is 35.5. The number of benzene rings is 1. The smallest absolute Gasteiger partial charge is 0.258 e. The second kappa shape index (κ2) is 6.03. The summed E-state index contributed by atoms with van der Waals surface area (Å²) in [6, 6.07) is 6.48. The quantitative estimate of drug-likeness (QED) is 0.732. The first-order valence-corrected chi connectivity index (χ1v) is 9.09. The zero-order valence-electron chi connectivity index (χ0n) is 15.1. The number of rotatable bonds is 3. The van der Waals surface area contributed by atoms with Gasteiger partial charge in [-0.1, -0.05) is 16.8 Å². The number of nitrogens with two attached hydrogens (primary N) is 1. The minimum atomic E-state index is -0.407. The molecule has 0 atom stereocenters. The van der Waals surface area contributed by atoms with Gasteiger partial charge in [0.1, 0.15) is 0 Å². The van der Waals surface area contributed by atoms with Crippen molar-refractivity contribution in [2.45, 2.75) is 57.4 Å². The van der Waals surface area contributed by atoms with Crippen LogP contribution in [0.2, 0.25) is 0 Å². The molecule has 6 heteroatoms. The minimum Gasteiger partial charge on any atom is -0.334 e. The maximum absolute atomic E-state index is 6.37. The predicted octanol–water partition coefficient (Wildman–Crippen LogP) is 4.54. The van der Waals surface area contributed by atoms with Crippen LogP contribution in [-0.2, 0) is 5.54 Å². The third-order valence-electron chi connectivity index (χ3n) is 5.61. The molecular formula is C20H23ClN4O. The maximum atomic E-state index is 6.37. The summed E-state index contributed by atoms with van der Waals surface area (Å²) < 4.78 is 5.65. The van der Waals surface area contributed by atoms with E-state index in [1.165, 1.54) is 24.0 Å². The monoisotopic (exact) mass is 370 g/mol. The van der Waals surface area contributed by atoms with Gasteiger partial charge in [-0.05, 0) is 63.6 Å². The highest BCUT2D eigenvalue weighted by molar-refractivity contribution is 5.95. The summed E-state index contributed by atoms with van der Waals surface area (Å²) in [7, 11) is 0. The van der Waals surface area contributed by atoms with E-state index in [1.807, 2.05) is 0 Å². The lowest BCUT2D eigenvalue weighted by molar-refractivity contribution is 0.229. The molecule has 0 spiro atoms. The molecule has 0 saturated heterocycles. The van der Waals surface area contributed by atoms with Crippen LogP contribution in [0.1, 0.15) is 60.7 Å². The van der Waals surface area contributed by atoms with Crippen molar-refractivity contribution in [2.75, 3.05) is 0 Å². The number of aryl methyl sites for hydroxylation is 2. The van der Waals surface area contributed by atoms with Gasteiger partial charge in [-0.25, -0.2) is 0 Å². The summed E-state index contributed by atoms with van der Waals surface area (Å²) in [5, 5.41) is 5.28. The van der Waals surface area contributed by atoms with Gasteiger partial charge in [0.2, 0.25) is 0 Å². The van der Waals surface area contributed by atoms with Gasteiger partial charge in [0, 0.05) is 17.0 Å². The number of aromatic nitrogens is 3. The van der Waals surface area contributed by atoms with Crippen molar-refractivity contribution < 1.29 is 4.52 Å². The van der Waals surface area contributed by atoms with Crippen molar-refractivity contribution in [3.05, 3.63) is 40.8 Å². The lowest BCUT2D eigenvalue weighted by atomic mass is 9.77. The second-order valence-corrected chi connectivity index (χ2v) is 7.78. The van der Waals surface area contributed by atoms with E-state index in [2.05, 4.69) is 42.2 Å². The summed E-state index contributed by atoms with van der Waals surface area (Å²) in [5.74, 6) is 1.76. The van der Waals surface area contributed by atoms with Gasteiger partial charge in [-0.3, -0.25) is 4.98 Å². The maximum Gasteiger partial charge on any atom is 0.258 e. The molecular weight excluding hydrogens is 348 g/mol. The van der Waals surface area contributed by atoms with Crippen LogP contribution in [0.25, 0.3) is 22.4 Å². The van der Waals surface area contributed by atoms with Crippen LogP contribution >= 0.6 is 12.4 Å². The van der Waals surface area contributed by atoms with Gasteiger partial charge in [0.15, 0.2) is 5.82 Å². The lowest BCUT2D eigenvalue weighted by Gasteiger charge is -2.34. The molecule has 2 saturated carbocycles. The first-order valence-electron chi connectivity index (χ1n) is 9.09. The molecule has 2 aliphatic rings. The first kappa shape index (κ1) is 17.4. The van der Waals surface area contributed by atoms with E-state index in [-0.39, 0.29) is 12.4 Å². The van der Waals surface area contributed by atoms with E-state index in [9.17, 15) is 0 Å². The second-order valence-electron chi connectivity index (χ2n) is 7.78. The number of hydrogen-bond donors (Lipinski definition) is 1. The van der Waals surface area contributed by atoms with Gasteiger partial charge in [-0.15, -0.1) is 12.4 Å². The molecule has 0 unspecified atom stereocenters. The fraction of sp³-hybridized carbons (Fsp3) is 0.450. The average molecular weight is 371 g/mol. The lowest BCUT2D eigenvalue weighted by Crippen LogP contribution is -2.44. The van der Waals surface area contributed by atoms with Crippen molar-refractivity contribution in [1.82, 2.24) is 15.1 Å². The van der Waals surface area contributed by atoms with Crippen LogP contribution in [-0.4, -0.2) is 15.1 Å². The van der Waals surface area contributed by atoms with Crippen molar-refractivity contribution in [3.8, 4) is 11.5 Å². The largest absolute Gasteiger partial charge is 0.334 e. The Kier molecular flexibility index (Phi) is 4.04. The van der Waals surface area contributed by atoms with E-state index in [1.54, 1.807) is 0 Å². The fourth-order valence-electron chi connectivity index (χ4n) is 3.78. The van der Waals surface area contributed by atoms with Gasteiger partial charge >= 0.3 is 0 Å². The summed E-state index contributed by atoms with van der Waals surface area (Å²) >= 11 is 0. The third-order valence-corrected chi connectivity index (χ3v) is 5.61. The van der Waals surface area contributed by atoms with Gasteiger partial charge in [-0.2, -0.15) is 4.98 Å². The molecule has 2 N–H and O–H groups in total.